The van der Waals surface area contributed by atoms with E-state index in [9.17, 15) is 0 Å². The predicted octanol–water partition coefficient (Wildman–Crippen LogP) is 2.22. The molecule has 100 valence electrons. The van der Waals surface area contributed by atoms with Crippen molar-refractivity contribution < 1.29 is 9.84 Å². The molecule has 4 heteroatoms. The molecule has 0 saturated carbocycles. The van der Waals surface area contributed by atoms with E-state index in [2.05, 4.69) is 17.4 Å². The Labute approximate surface area is 113 Å². The summed E-state index contributed by atoms with van der Waals surface area (Å²) in [6.45, 7) is 2.11. The second kappa shape index (κ2) is 7.67. The first kappa shape index (κ1) is 13.7. The van der Waals surface area contributed by atoms with Crippen LogP contribution in [-0.4, -0.2) is 36.4 Å². The van der Waals surface area contributed by atoms with E-state index in [-0.39, 0.29) is 0 Å². The van der Waals surface area contributed by atoms with E-state index in [1.165, 1.54) is 5.56 Å². The maximum absolute atomic E-state index is 8.69. The number of aliphatic hydroxyl groups is 1. The molecule has 1 aliphatic rings. The Bertz CT molecular complexity index is 359. The average molecular weight is 267 g/mol. The van der Waals surface area contributed by atoms with Crippen LogP contribution < -0.4 is 10.1 Å². The quantitative estimate of drug-likeness (QED) is 0.743. The molecule has 0 spiro atoms. The fourth-order valence-electron chi connectivity index (χ4n) is 2.13. The van der Waals surface area contributed by atoms with Gasteiger partial charge in [0.25, 0.3) is 0 Å². The van der Waals surface area contributed by atoms with Crippen molar-refractivity contribution in [1.82, 2.24) is 5.32 Å². The third-order valence-electron chi connectivity index (χ3n) is 3.04. The Kier molecular flexibility index (Phi) is 5.84. The van der Waals surface area contributed by atoms with Gasteiger partial charge in [-0.1, -0.05) is 18.2 Å². The summed E-state index contributed by atoms with van der Waals surface area (Å²) in [5, 5.41) is 12.3. The van der Waals surface area contributed by atoms with Gasteiger partial charge in [-0.3, -0.25) is 0 Å². The molecule has 0 aliphatic carbocycles. The van der Waals surface area contributed by atoms with Crippen molar-refractivity contribution in [2.24, 2.45) is 0 Å². The molecule has 2 rings (SSSR count). The van der Waals surface area contributed by atoms with Crippen molar-refractivity contribution in [3.8, 4) is 5.75 Å². The van der Waals surface area contributed by atoms with Crippen molar-refractivity contribution in [1.29, 1.82) is 0 Å². The second-order valence-electron chi connectivity index (χ2n) is 4.37. The summed E-state index contributed by atoms with van der Waals surface area (Å²) in [5.74, 6) is 3.16. The highest BCUT2D eigenvalue weighted by Crippen LogP contribution is 2.31. The molecule has 0 saturated heterocycles. The average Bonchev–Trinajstić information content (AvgIpc) is 2.43. The van der Waals surface area contributed by atoms with E-state index in [1.807, 2.05) is 23.9 Å². The Balaban J connectivity index is 1.74. The fourth-order valence-corrected chi connectivity index (χ4v) is 2.93. The van der Waals surface area contributed by atoms with Crippen LogP contribution >= 0.6 is 11.8 Å². The minimum absolute atomic E-state index is 0.299. The molecule has 1 aliphatic heterocycles. The first-order valence-electron chi connectivity index (χ1n) is 6.55. The molecule has 1 unspecified atom stereocenters. The van der Waals surface area contributed by atoms with E-state index < -0.39 is 0 Å². The number of fused-ring (bicyclic) bond motifs is 1. The highest BCUT2D eigenvalue weighted by Gasteiger charge is 2.19. The lowest BCUT2D eigenvalue weighted by molar-refractivity contribution is 0.254. The molecule has 3 nitrogen and oxygen atoms in total. The summed E-state index contributed by atoms with van der Waals surface area (Å²) >= 11 is 1.89. The van der Waals surface area contributed by atoms with Crippen molar-refractivity contribution in [2.75, 3.05) is 31.3 Å². The third kappa shape index (κ3) is 3.90. The van der Waals surface area contributed by atoms with Crippen LogP contribution in [0.5, 0.6) is 5.75 Å². The van der Waals surface area contributed by atoms with Crippen LogP contribution in [0.1, 0.15) is 24.4 Å². The predicted molar refractivity (Wildman–Crippen MR) is 76.3 cm³/mol. The highest BCUT2D eigenvalue weighted by atomic mass is 32.2. The summed E-state index contributed by atoms with van der Waals surface area (Å²) in [6, 6.07) is 8.70. The lowest BCUT2D eigenvalue weighted by atomic mass is 10.0. The number of aliphatic hydroxyl groups excluding tert-OH is 1. The third-order valence-corrected chi connectivity index (χ3v) is 4.11. The smallest absolute Gasteiger partial charge is 0.124 e. The number of hydrogen-bond acceptors (Lipinski definition) is 4. The first-order valence-corrected chi connectivity index (χ1v) is 7.71. The Hall–Kier alpha value is -0.710. The standard InChI is InChI=1S/C14H21NO2S/c16-8-3-10-18-11-7-15-13-6-9-17-14-5-2-1-4-12(13)14/h1-2,4-5,13,15-16H,3,6-11H2. The number of nitrogens with one attached hydrogen (secondary N) is 1. The molecular formula is C14H21NO2S. The van der Waals surface area contributed by atoms with E-state index in [0.717, 1.165) is 43.2 Å². The van der Waals surface area contributed by atoms with Gasteiger partial charge in [0.2, 0.25) is 0 Å². The van der Waals surface area contributed by atoms with Crippen molar-refractivity contribution in [2.45, 2.75) is 18.9 Å². The van der Waals surface area contributed by atoms with Gasteiger partial charge in [-0.25, -0.2) is 0 Å². The summed E-state index contributed by atoms with van der Waals surface area (Å²) in [6.07, 6.45) is 1.93. The molecule has 1 aromatic rings. The maximum atomic E-state index is 8.69. The number of thioether (sulfide) groups is 1. The van der Waals surface area contributed by atoms with Gasteiger partial charge in [-0.15, -0.1) is 0 Å². The molecule has 1 atom stereocenters. The number of benzene rings is 1. The lowest BCUT2D eigenvalue weighted by Gasteiger charge is -2.26. The molecular weight excluding hydrogens is 246 g/mol. The summed E-state index contributed by atoms with van der Waals surface area (Å²) in [4.78, 5) is 0. The highest BCUT2D eigenvalue weighted by molar-refractivity contribution is 7.99. The van der Waals surface area contributed by atoms with E-state index >= 15 is 0 Å². The Morgan fingerprint density at radius 1 is 1.33 bits per heavy atom. The molecule has 0 fully saturated rings. The normalized spacial score (nSPS) is 18.2. The van der Waals surface area contributed by atoms with Gasteiger partial charge in [0.05, 0.1) is 6.61 Å². The van der Waals surface area contributed by atoms with E-state index in [4.69, 9.17) is 9.84 Å². The van der Waals surface area contributed by atoms with Crippen LogP contribution in [-0.2, 0) is 0 Å². The first-order chi connectivity index (χ1) is 8.92. The van der Waals surface area contributed by atoms with Gasteiger partial charge in [0, 0.05) is 36.9 Å². The number of para-hydroxylation sites is 1. The van der Waals surface area contributed by atoms with Gasteiger partial charge < -0.3 is 15.2 Å². The maximum Gasteiger partial charge on any atom is 0.124 e. The topological polar surface area (TPSA) is 41.5 Å². The zero-order chi connectivity index (χ0) is 12.6. The largest absolute Gasteiger partial charge is 0.493 e. The van der Waals surface area contributed by atoms with Gasteiger partial charge in [-0.05, 0) is 18.2 Å². The molecule has 2 N–H and O–H groups in total. The fraction of sp³-hybridized carbons (Fsp3) is 0.571. The van der Waals surface area contributed by atoms with Crippen LogP contribution in [0.3, 0.4) is 0 Å². The molecule has 1 heterocycles. The van der Waals surface area contributed by atoms with Crippen LogP contribution in [0, 0.1) is 0 Å². The minimum Gasteiger partial charge on any atom is -0.493 e. The van der Waals surface area contributed by atoms with Gasteiger partial charge in [0.15, 0.2) is 0 Å². The number of hydrogen-bond donors (Lipinski definition) is 2. The van der Waals surface area contributed by atoms with Crippen molar-refractivity contribution in [3.05, 3.63) is 29.8 Å². The van der Waals surface area contributed by atoms with Crippen molar-refractivity contribution in [3.63, 3.8) is 0 Å². The van der Waals surface area contributed by atoms with Crippen LogP contribution in [0.2, 0.25) is 0 Å². The van der Waals surface area contributed by atoms with Crippen molar-refractivity contribution >= 4 is 11.8 Å². The molecule has 0 amide bonds. The number of ether oxygens (including phenoxy) is 1. The van der Waals surface area contributed by atoms with E-state index in [1.54, 1.807) is 0 Å². The summed E-state index contributed by atoms with van der Waals surface area (Å²) in [7, 11) is 0. The number of rotatable bonds is 7. The Morgan fingerprint density at radius 3 is 3.11 bits per heavy atom. The molecule has 0 aromatic heterocycles. The van der Waals surface area contributed by atoms with Crippen LogP contribution in [0.25, 0.3) is 0 Å². The monoisotopic (exact) mass is 267 g/mol. The van der Waals surface area contributed by atoms with Crippen LogP contribution in [0.15, 0.2) is 24.3 Å². The van der Waals surface area contributed by atoms with Gasteiger partial charge in [0.1, 0.15) is 5.75 Å². The summed E-state index contributed by atoms with van der Waals surface area (Å²) < 4.78 is 5.64. The zero-order valence-corrected chi connectivity index (χ0v) is 11.4. The lowest BCUT2D eigenvalue weighted by Crippen LogP contribution is -2.28. The van der Waals surface area contributed by atoms with Crippen LogP contribution in [0.4, 0.5) is 0 Å². The Morgan fingerprint density at radius 2 is 2.22 bits per heavy atom. The minimum atomic E-state index is 0.299. The SMILES string of the molecule is OCCCSCCNC1CCOc2ccccc21. The second-order valence-corrected chi connectivity index (χ2v) is 5.60. The summed E-state index contributed by atoms with van der Waals surface area (Å²) in [5.41, 5.74) is 1.28. The van der Waals surface area contributed by atoms with E-state index in [0.29, 0.717) is 12.6 Å². The van der Waals surface area contributed by atoms with Gasteiger partial charge >= 0.3 is 0 Å². The molecule has 1 aromatic carbocycles. The zero-order valence-electron chi connectivity index (χ0n) is 10.6. The molecule has 0 bridgehead atoms. The molecule has 18 heavy (non-hydrogen) atoms. The van der Waals surface area contributed by atoms with Gasteiger partial charge in [-0.2, -0.15) is 11.8 Å². The molecule has 0 radical (unpaired) electrons.